The van der Waals surface area contributed by atoms with Crippen molar-refractivity contribution in [3.8, 4) is 5.75 Å². The van der Waals surface area contributed by atoms with Gasteiger partial charge in [0.15, 0.2) is 0 Å². The number of benzene rings is 1. The average molecular weight is 341 g/mol. The quantitative estimate of drug-likeness (QED) is 0.585. The van der Waals surface area contributed by atoms with Gasteiger partial charge in [-0.25, -0.2) is 9.59 Å². The number of urea groups is 2. The molecule has 130 valence electrons. The maximum Gasteiger partial charge on any atom is 0.323 e. The standard InChI is InChI=1S/C17H19N5O3/c23-14-3-1-2-12(9-14)21-17(25)22-15-10-18-6-4-11(15)8-13-5-7-19-16(24)20-13/h1-4,6,9-10,13,23H,5,7-8H2,(H2,19,20,24)(H2,21,22,25). The molecule has 1 unspecified atom stereocenters. The van der Waals surface area contributed by atoms with Crippen LogP contribution < -0.4 is 21.3 Å². The maximum absolute atomic E-state index is 12.2. The topological polar surface area (TPSA) is 115 Å². The molecule has 8 heteroatoms. The molecule has 1 aromatic heterocycles. The molecule has 2 aromatic rings. The molecule has 1 aromatic carbocycles. The molecular formula is C17H19N5O3. The summed E-state index contributed by atoms with van der Waals surface area (Å²) < 4.78 is 0. The number of nitrogens with one attached hydrogen (secondary N) is 4. The van der Waals surface area contributed by atoms with Gasteiger partial charge in [-0.2, -0.15) is 0 Å². The average Bonchev–Trinajstić information content (AvgIpc) is 2.57. The van der Waals surface area contributed by atoms with Gasteiger partial charge in [-0.15, -0.1) is 0 Å². The summed E-state index contributed by atoms with van der Waals surface area (Å²) >= 11 is 0. The molecule has 1 fully saturated rings. The van der Waals surface area contributed by atoms with Gasteiger partial charge in [0, 0.05) is 30.5 Å². The number of aromatic hydroxyl groups is 1. The molecule has 0 bridgehead atoms. The molecule has 0 aliphatic carbocycles. The summed E-state index contributed by atoms with van der Waals surface area (Å²) in [5, 5.41) is 20.4. The van der Waals surface area contributed by atoms with Gasteiger partial charge in [-0.3, -0.25) is 4.98 Å². The van der Waals surface area contributed by atoms with E-state index in [-0.39, 0.29) is 17.8 Å². The van der Waals surface area contributed by atoms with Crippen molar-refractivity contribution in [2.45, 2.75) is 18.9 Å². The van der Waals surface area contributed by atoms with Crippen LogP contribution in [0.15, 0.2) is 42.7 Å². The number of amides is 4. The minimum absolute atomic E-state index is 0.00540. The first-order chi connectivity index (χ1) is 12.1. The lowest BCUT2D eigenvalue weighted by atomic mass is 10.0. The molecule has 2 heterocycles. The van der Waals surface area contributed by atoms with Gasteiger partial charge in [-0.1, -0.05) is 6.07 Å². The zero-order valence-electron chi connectivity index (χ0n) is 13.5. The third kappa shape index (κ3) is 4.60. The van der Waals surface area contributed by atoms with Crippen LogP contribution in [-0.4, -0.2) is 34.7 Å². The Morgan fingerprint density at radius 1 is 1.32 bits per heavy atom. The van der Waals surface area contributed by atoms with Crippen LogP contribution in [0, 0.1) is 0 Å². The van der Waals surface area contributed by atoms with Crippen molar-refractivity contribution in [1.29, 1.82) is 0 Å². The SMILES string of the molecule is O=C(Nc1cccc(O)c1)Nc1cnccc1CC1CCNC(=O)N1. The van der Waals surface area contributed by atoms with Gasteiger partial charge in [0.25, 0.3) is 0 Å². The first-order valence-electron chi connectivity index (χ1n) is 7.94. The summed E-state index contributed by atoms with van der Waals surface area (Å²) in [4.78, 5) is 27.6. The fourth-order valence-corrected chi connectivity index (χ4v) is 2.67. The van der Waals surface area contributed by atoms with E-state index in [0.29, 0.717) is 24.3 Å². The monoisotopic (exact) mass is 341 g/mol. The number of hydrogen-bond donors (Lipinski definition) is 5. The number of carbonyl (C=O) groups is 2. The van der Waals surface area contributed by atoms with E-state index in [1.807, 2.05) is 6.07 Å². The van der Waals surface area contributed by atoms with Gasteiger partial charge in [0.05, 0.1) is 11.9 Å². The largest absolute Gasteiger partial charge is 0.508 e. The summed E-state index contributed by atoms with van der Waals surface area (Å²) in [5.74, 6) is 0.0708. The minimum Gasteiger partial charge on any atom is -0.508 e. The van der Waals surface area contributed by atoms with Gasteiger partial charge in [0.1, 0.15) is 5.75 Å². The molecule has 0 spiro atoms. The summed E-state index contributed by atoms with van der Waals surface area (Å²) in [7, 11) is 0. The lowest BCUT2D eigenvalue weighted by molar-refractivity contribution is 0.228. The number of pyridine rings is 1. The van der Waals surface area contributed by atoms with Gasteiger partial charge < -0.3 is 26.4 Å². The van der Waals surface area contributed by atoms with Crippen molar-refractivity contribution in [3.05, 3.63) is 48.3 Å². The Bertz CT molecular complexity index is 780. The zero-order valence-corrected chi connectivity index (χ0v) is 13.5. The number of nitrogens with zero attached hydrogens (tertiary/aromatic N) is 1. The highest BCUT2D eigenvalue weighted by Crippen LogP contribution is 2.19. The fourth-order valence-electron chi connectivity index (χ4n) is 2.67. The van der Waals surface area contributed by atoms with Crippen molar-refractivity contribution >= 4 is 23.4 Å². The predicted molar refractivity (Wildman–Crippen MR) is 93.6 cm³/mol. The van der Waals surface area contributed by atoms with Gasteiger partial charge in [-0.05, 0) is 36.6 Å². The van der Waals surface area contributed by atoms with Crippen LogP contribution in [0.1, 0.15) is 12.0 Å². The highest BCUT2D eigenvalue weighted by molar-refractivity contribution is 6.00. The van der Waals surface area contributed by atoms with Crippen LogP contribution >= 0.6 is 0 Å². The predicted octanol–water partition coefficient (Wildman–Crippen LogP) is 2.05. The second-order valence-corrected chi connectivity index (χ2v) is 5.75. The van der Waals surface area contributed by atoms with E-state index in [9.17, 15) is 14.7 Å². The van der Waals surface area contributed by atoms with Crippen molar-refractivity contribution in [2.24, 2.45) is 0 Å². The van der Waals surface area contributed by atoms with Crippen LogP contribution in [0.4, 0.5) is 21.0 Å². The third-order valence-electron chi connectivity index (χ3n) is 3.84. The summed E-state index contributed by atoms with van der Waals surface area (Å²) in [6.07, 6.45) is 4.62. The molecule has 25 heavy (non-hydrogen) atoms. The molecule has 8 nitrogen and oxygen atoms in total. The highest BCUT2D eigenvalue weighted by atomic mass is 16.3. The first-order valence-corrected chi connectivity index (χ1v) is 7.94. The van der Waals surface area contributed by atoms with E-state index in [2.05, 4.69) is 26.3 Å². The summed E-state index contributed by atoms with van der Waals surface area (Å²) in [6.45, 7) is 0.627. The van der Waals surface area contributed by atoms with E-state index in [1.165, 1.54) is 12.1 Å². The second kappa shape index (κ2) is 7.52. The highest BCUT2D eigenvalue weighted by Gasteiger charge is 2.19. The second-order valence-electron chi connectivity index (χ2n) is 5.75. The number of phenolic OH excluding ortho intramolecular Hbond substituents is 1. The Hall–Kier alpha value is -3.29. The first kappa shape index (κ1) is 16.6. The normalized spacial score (nSPS) is 16.5. The number of rotatable bonds is 4. The Kier molecular flexibility index (Phi) is 4.98. The van der Waals surface area contributed by atoms with Crippen LogP contribution in [0.3, 0.4) is 0 Å². The third-order valence-corrected chi connectivity index (χ3v) is 3.84. The molecule has 4 amide bonds. The van der Waals surface area contributed by atoms with E-state index >= 15 is 0 Å². The minimum atomic E-state index is -0.436. The zero-order chi connectivity index (χ0) is 17.6. The number of carbonyl (C=O) groups excluding carboxylic acids is 2. The van der Waals surface area contributed by atoms with Crippen molar-refractivity contribution in [1.82, 2.24) is 15.6 Å². The van der Waals surface area contributed by atoms with Crippen molar-refractivity contribution in [2.75, 3.05) is 17.2 Å². The molecule has 0 saturated carbocycles. The molecular weight excluding hydrogens is 322 g/mol. The smallest absolute Gasteiger partial charge is 0.323 e. The molecule has 0 radical (unpaired) electrons. The lowest BCUT2D eigenvalue weighted by Gasteiger charge is -2.25. The van der Waals surface area contributed by atoms with Gasteiger partial charge >= 0.3 is 12.1 Å². The van der Waals surface area contributed by atoms with Crippen molar-refractivity contribution in [3.63, 3.8) is 0 Å². The number of anilines is 2. The molecule has 1 saturated heterocycles. The summed E-state index contributed by atoms with van der Waals surface area (Å²) in [6, 6.07) is 7.50. The van der Waals surface area contributed by atoms with Crippen molar-refractivity contribution < 1.29 is 14.7 Å². The fraction of sp³-hybridized carbons (Fsp3) is 0.235. The Labute approximate surface area is 144 Å². The number of aromatic nitrogens is 1. The molecule has 1 aliphatic heterocycles. The Balaban J connectivity index is 1.66. The number of hydrogen-bond acceptors (Lipinski definition) is 4. The Morgan fingerprint density at radius 2 is 2.20 bits per heavy atom. The Morgan fingerprint density at radius 3 is 3.00 bits per heavy atom. The van der Waals surface area contributed by atoms with Crippen LogP contribution in [0.5, 0.6) is 5.75 Å². The molecule has 5 N–H and O–H groups in total. The summed E-state index contributed by atoms with van der Waals surface area (Å²) in [5.41, 5.74) is 1.94. The number of phenols is 1. The molecule has 3 rings (SSSR count). The van der Waals surface area contributed by atoms with Crippen LogP contribution in [0.2, 0.25) is 0 Å². The van der Waals surface area contributed by atoms with E-state index in [0.717, 1.165) is 12.0 Å². The van der Waals surface area contributed by atoms with E-state index < -0.39 is 6.03 Å². The van der Waals surface area contributed by atoms with Crippen LogP contribution in [0.25, 0.3) is 0 Å². The van der Waals surface area contributed by atoms with Gasteiger partial charge in [0.2, 0.25) is 0 Å². The molecule has 1 atom stereocenters. The lowest BCUT2D eigenvalue weighted by Crippen LogP contribution is -2.50. The maximum atomic E-state index is 12.2. The van der Waals surface area contributed by atoms with E-state index in [4.69, 9.17) is 0 Å². The van der Waals surface area contributed by atoms with E-state index in [1.54, 1.807) is 24.5 Å². The molecule has 1 aliphatic rings. The van der Waals surface area contributed by atoms with Crippen LogP contribution in [-0.2, 0) is 6.42 Å².